The van der Waals surface area contributed by atoms with Crippen molar-refractivity contribution in [1.29, 1.82) is 0 Å². The fraction of sp³-hybridized carbons (Fsp3) is 0.276. The van der Waals surface area contributed by atoms with Gasteiger partial charge in [-0.1, -0.05) is 60.1 Å². The van der Waals surface area contributed by atoms with Gasteiger partial charge in [-0.3, -0.25) is 0 Å². The predicted molar refractivity (Wildman–Crippen MR) is 136 cm³/mol. The van der Waals surface area contributed by atoms with Gasteiger partial charge >= 0.3 is 5.97 Å². The third kappa shape index (κ3) is 3.55. The predicted octanol–water partition coefficient (Wildman–Crippen LogP) is 7.26. The van der Waals surface area contributed by atoms with E-state index in [1.807, 2.05) is 12.1 Å². The molecule has 2 aliphatic carbocycles. The third-order valence-corrected chi connectivity index (χ3v) is 7.85. The highest BCUT2D eigenvalue weighted by molar-refractivity contribution is 6.30. The van der Waals surface area contributed by atoms with Crippen LogP contribution in [0.4, 0.5) is 5.69 Å². The zero-order valence-corrected chi connectivity index (χ0v) is 19.7. The molecule has 3 aromatic carbocycles. The quantitative estimate of drug-likeness (QED) is 0.433. The van der Waals surface area contributed by atoms with Crippen LogP contribution >= 0.6 is 11.6 Å². The molecule has 0 radical (unpaired) electrons. The highest BCUT2D eigenvalue weighted by Gasteiger charge is 2.52. The number of nitrogens with one attached hydrogen (secondary N) is 1. The van der Waals surface area contributed by atoms with Crippen molar-refractivity contribution < 1.29 is 9.90 Å². The Bertz CT molecular complexity index is 1250. The van der Waals surface area contributed by atoms with E-state index in [9.17, 15) is 9.90 Å². The van der Waals surface area contributed by atoms with Gasteiger partial charge in [-0.25, -0.2) is 4.79 Å². The maximum Gasteiger partial charge on any atom is 0.329 e. The highest BCUT2D eigenvalue weighted by Crippen LogP contribution is 2.57. The Morgan fingerprint density at radius 3 is 2.24 bits per heavy atom. The van der Waals surface area contributed by atoms with E-state index in [-0.39, 0.29) is 5.41 Å². The molecule has 33 heavy (non-hydrogen) atoms. The number of carbonyl (C=O) groups is 1. The lowest BCUT2D eigenvalue weighted by Crippen LogP contribution is -2.52. The Hall–Kier alpha value is -3.04. The molecule has 1 fully saturated rings. The van der Waals surface area contributed by atoms with Gasteiger partial charge < -0.3 is 10.4 Å². The summed E-state index contributed by atoms with van der Waals surface area (Å²) in [5.74, 6) is -0.804. The molecule has 0 aliphatic heterocycles. The Kier molecular flexibility index (Phi) is 5.33. The fourth-order valence-electron chi connectivity index (χ4n) is 5.93. The van der Waals surface area contributed by atoms with Gasteiger partial charge in [-0.05, 0) is 97.2 Å². The van der Waals surface area contributed by atoms with Gasteiger partial charge in [0.25, 0.3) is 0 Å². The van der Waals surface area contributed by atoms with Crippen molar-refractivity contribution in [2.45, 2.75) is 50.5 Å². The summed E-state index contributed by atoms with van der Waals surface area (Å²) in [4.78, 5) is 12.6. The number of anilines is 1. The molecular formula is C29H28ClNO2. The van der Waals surface area contributed by atoms with Crippen molar-refractivity contribution in [1.82, 2.24) is 0 Å². The van der Waals surface area contributed by atoms with E-state index in [4.69, 9.17) is 11.6 Å². The number of fused-ring (bicyclic) bond motifs is 2. The molecule has 0 atom stereocenters. The van der Waals surface area contributed by atoms with E-state index in [1.54, 1.807) is 12.1 Å². The molecule has 0 heterocycles. The zero-order chi connectivity index (χ0) is 23.2. The van der Waals surface area contributed by atoms with Crippen LogP contribution in [0.15, 0.2) is 66.7 Å². The average Bonchev–Trinajstić information content (AvgIpc) is 3.09. The molecule has 0 aromatic heterocycles. The summed E-state index contributed by atoms with van der Waals surface area (Å²) in [6.45, 7) is 4.34. The van der Waals surface area contributed by atoms with E-state index in [0.717, 1.165) is 18.5 Å². The number of aliphatic carboxylic acids is 1. The van der Waals surface area contributed by atoms with Gasteiger partial charge in [0, 0.05) is 16.1 Å². The van der Waals surface area contributed by atoms with Crippen LogP contribution in [-0.4, -0.2) is 16.6 Å². The lowest BCUT2D eigenvalue weighted by Gasteiger charge is -2.46. The minimum Gasteiger partial charge on any atom is -0.480 e. The molecule has 1 spiro atoms. The Balaban J connectivity index is 1.56. The second kappa shape index (κ2) is 8.07. The maximum absolute atomic E-state index is 12.6. The summed E-state index contributed by atoms with van der Waals surface area (Å²) in [7, 11) is 0. The second-order valence-electron chi connectivity index (χ2n) is 9.52. The number of allylic oxidation sites excluding steroid dienone is 1. The summed E-state index contributed by atoms with van der Waals surface area (Å²) in [6.07, 6.45) is 4.94. The summed E-state index contributed by atoms with van der Waals surface area (Å²) >= 11 is 6.16. The van der Waals surface area contributed by atoms with Crippen molar-refractivity contribution in [3.63, 3.8) is 0 Å². The van der Waals surface area contributed by atoms with Gasteiger partial charge in [0.05, 0.1) is 0 Å². The second-order valence-corrected chi connectivity index (χ2v) is 9.95. The first-order valence-corrected chi connectivity index (χ1v) is 11.9. The number of hydrogen-bond acceptors (Lipinski definition) is 2. The van der Waals surface area contributed by atoms with Crippen molar-refractivity contribution in [2.24, 2.45) is 0 Å². The lowest BCUT2D eigenvalue weighted by atomic mass is 9.60. The molecule has 2 N–H and O–H groups in total. The third-order valence-electron chi connectivity index (χ3n) is 7.62. The summed E-state index contributed by atoms with van der Waals surface area (Å²) < 4.78 is 0. The van der Waals surface area contributed by atoms with Gasteiger partial charge in [0.2, 0.25) is 0 Å². The SMILES string of the molecule is Cc1cccc(C)c1C1=Cc2ccccc2C12CCC(Nc1cccc(Cl)c1)(C(=O)O)CC2. The lowest BCUT2D eigenvalue weighted by molar-refractivity contribution is -0.143. The molecule has 4 heteroatoms. The number of aryl methyl sites for hydroxylation is 2. The van der Waals surface area contributed by atoms with Crippen LogP contribution < -0.4 is 5.32 Å². The minimum atomic E-state index is -1.01. The van der Waals surface area contributed by atoms with E-state index < -0.39 is 11.5 Å². The molecule has 0 saturated heterocycles. The van der Waals surface area contributed by atoms with Gasteiger partial charge in [0.1, 0.15) is 5.54 Å². The van der Waals surface area contributed by atoms with Gasteiger partial charge in [-0.2, -0.15) is 0 Å². The monoisotopic (exact) mass is 457 g/mol. The van der Waals surface area contributed by atoms with Crippen LogP contribution in [-0.2, 0) is 10.2 Å². The molecule has 5 rings (SSSR count). The number of hydrogen-bond donors (Lipinski definition) is 2. The van der Waals surface area contributed by atoms with Crippen molar-refractivity contribution in [3.8, 4) is 0 Å². The van der Waals surface area contributed by atoms with E-state index in [1.165, 1.54) is 33.4 Å². The molecule has 0 bridgehead atoms. The number of benzene rings is 3. The molecule has 1 saturated carbocycles. The number of rotatable bonds is 4. The van der Waals surface area contributed by atoms with Crippen LogP contribution in [0.1, 0.15) is 53.5 Å². The largest absolute Gasteiger partial charge is 0.480 e. The first-order valence-electron chi connectivity index (χ1n) is 11.5. The van der Waals surface area contributed by atoms with Crippen molar-refractivity contribution in [2.75, 3.05) is 5.32 Å². The Labute approximate surface area is 200 Å². The van der Waals surface area contributed by atoms with E-state index in [0.29, 0.717) is 17.9 Å². The van der Waals surface area contributed by atoms with Crippen molar-refractivity contribution in [3.05, 3.63) is 99.6 Å². The standard InChI is InChI=1S/C29H28ClNO2/c1-19-7-5-8-20(2)26(19)25-17-21-9-3-4-12-24(21)28(25)13-15-29(16-14-28,27(32)33)31-23-11-6-10-22(30)18-23/h3-12,17-18,31H,13-16H2,1-2H3,(H,32,33). The molecular weight excluding hydrogens is 430 g/mol. The molecule has 3 nitrogen and oxygen atoms in total. The molecule has 2 aliphatic rings. The summed E-state index contributed by atoms with van der Waals surface area (Å²) in [5, 5.41) is 14.2. The van der Waals surface area contributed by atoms with Gasteiger partial charge in [0.15, 0.2) is 0 Å². The number of carboxylic acid groups (broad SMARTS) is 1. The normalized spacial score (nSPS) is 23.8. The fourth-order valence-corrected chi connectivity index (χ4v) is 6.12. The topological polar surface area (TPSA) is 49.3 Å². The van der Waals surface area contributed by atoms with E-state index in [2.05, 4.69) is 67.7 Å². The summed E-state index contributed by atoms with van der Waals surface area (Å²) in [6, 6.07) is 22.4. The first kappa shape index (κ1) is 21.8. The Morgan fingerprint density at radius 2 is 1.58 bits per heavy atom. The number of carboxylic acids is 1. The van der Waals surface area contributed by atoms with Crippen LogP contribution in [0.3, 0.4) is 0 Å². The van der Waals surface area contributed by atoms with Gasteiger partial charge in [-0.15, -0.1) is 0 Å². The highest BCUT2D eigenvalue weighted by atomic mass is 35.5. The number of halogens is 1. The van der Waals surface area contributed by atoms with Crippen molar-refractivity contribution >= 4 is 34.9 Å². The Morgan fingerprint density at radius 1 is 0.909 bits per heavy atom. The van der Waals surface area contributed by atoms with Crippen LogP contribution in [0.5, 0.6) is 0 Å². The van der Waals surface area contributed by atoms with Crippen LogP contribution in [0.25, 0.3) is 11.6 Å². The minimum absolute atomic E-state index is 0.178. The molecule has 168 valence electrons. The van der Waals surface area contributed by atoms with Crippen LogP contribution in [0, 0.1) is 13.8 Å². The maximum atomic E-state index is 12.6. The zero-order valence-electron chi connectivity index (χ0n) is 19.0. The molecule has 0 unspecified atom stereocenters. The average molecular weight is 458 g/mol. The van der Waals surface area contributed by atoms with E-state index >= 15 is 0 Å². The smallest absolute Gasteiger partial charge is 0.329 e. The first-order chi connectivity index (χ1) is 15.8. The summed E-state index contributed by atoms with van der Waals surface area (Å²) in [5.41, 5.74) is 7.30. The van der Waals surface area contributed by atoms with Crippen LogP contribution in [0.2, 0.25) is 5.02 Å². The molecule has 0 amide bonds. The molecule has 3 aromatic rings.